The van der Waals surface area contributed by atoms with E-state index in [1.807, 2.05) is 11.8 Å². The molecule has 2 rings (SSSR count). The summed E-state index contributed by atoms with van der Waals surface area (Å²) in [5.41, 5.74) is 6.12. The lowest BCUT2D eigenvalue weighted by Crippen LogP contribution is -2.37. The van der Waals surface area contributed by atoms with E-state index >= 15 is 0 Å². The third kappa shape index (κ3) is 3.81. The van der Waals surface area contributed by atoms with Crippen LogP contribution < -0.4 is 10.5 Å². The van der Waals surface area contributed by atoms with E-state index in [-0.39, 0.29) is 22.5 Å². The highest BCUT2D eigenvalue weighted by molar-refractivity contribution is 7.99. The molecular weight excluding hydrogens is 339 g/mol. The molecular formula is C12H16Cl2N2O2S2. The largest absolute Gasteiger partial charge is 0.326 e. The second-order valence-corrected chi connectivity index (χ2v) is 8.31. The molecule has 1 aromatic rings. The quantitative estimate of drug-likeness (QED) is 0.871. The molecule has 0 spiro atoms. The van der Waals surface area contributed by atoms with Crippen LogP contribution in [0.1, 0.15) is 18.4 Å². The van der Waals surface area contributed by atoms with Gasteiger partial charge in [0.15, 0.2) is 0 Å². The van der Waals surface area contributed by atoms with Gasteiger partial charge in [0.1, 0.15) is 4.90 Å². The van der Waals surface area contributed by atoms with Crippen molar-refractivity contribution in [3.8, 4) is 0 Å². The van der Waals surface area contributed by atoms with Crippen molar-refractivity contribution >= 4 is 45.0 Å². The average molecular weight is 355 g/mol. The maximum atomic E-state index is 12.4. The number of hydrogen-bond acceptors (Lipinski definition) is 4. The maximum Gasteiger partial charge on any atom is 0.242 e. The van der Waals surface area contributed by atoms with Gasteiger partial charge in [-0.15, -0.1) is 0 Å². The second-order valence-electron chi connectivity index (χ2n) is 4.59. The molecule has 1 saturated heterocycles. The van der Waals surface area contributed by atoms with Gasteiger partial charge in [0.05, 0.1) is 5.02 Å². The van der Waals surface area contributed by atoms with Gasteiger partial charge >= 0.3 is 0 Å². The van der Waals surface area contributed by atoms with E-state index in [0.717, 1.165) is 24.3 Å². The Morgan fingerprint density at radius 3 is 2.50 bits per heavy atom. The smallest absolute Gasteiger partial charge is 0.242 e. The van der Waals surface area contributed by atoms with Gasteiger partial charge in [-0.3, -0.25) is 0 Å². The van der Waals surface area contributed by atoms with Gasteiger partial charge < -0.3 is 5.73 Å². The normalized spacial score (nSPS) is 17.4. The lowest BCUT2D eigenvalue weighted by atomic mass is 10.2. The fourth-order valence-corrected chi connectivity index (χ4v) is 5.32. The number of rotatable bonds is 4. The molecule has 0 atom stereocenters. The molecule has 8 heteroatoms. The molecule has 0 radical (unpaired) electrons. The van der Waals surface area contributed by atoms with Crippen molar-refractivity contribution in [2.75, 3.05) is 11.5 Å². The summed E-state index contributed by atoms with van der Waals surface area (Å²) in [5, 5.41) is 0.496. The van der Waals surface area contributed by atoms with Crippen LogP contribution in [-0.4, -0.2) is 26.0 Å². The van der Waals surface area contributed by atoms with E-state index in [0.29, 0.717) is 10.6 Å². The predicted octanol–water partition coefficient (Wildman–Crippen LogP) is 2.63. The molecule has 1 aromatic carbocycles. The van der Waals surface area contributed by atoms with Gasteiger partial charge in [-0.2, -0.15) is 11.8 Å². The van der Waals surface area contributed by atoms with Crippen LogP contribution in [0.15, 0.2) is 17.0 Å². The maximum absolute atomic E-state index is 12.4. The fourth-order valence-electron chi connectivity index (χ4n) is 2.03. The molecule has 0 unspecified atom stereocenters. The number of nitrogens with one attached hydrogen (secondary N) is 1. The zero-order valence-corrected chi connectivity index (χ0v) is 13.9. The Balaban J connectivity index is 2.28. The van der Waals surface area contributed by atoms with E-state index < -0.39 is 10.0 Å². The van der Waals surface area contributed by atoms with Crippen LogP contribution in [0.25, 0.3) is 0 Å². The van der Waals surface area contributed by atoms with Crippen LogP contribution in [0.4, 0.5) is 0 Å². The van der Waals surface area contributed by atoms with Gasteiger partial charge in [-0.05, 0) is 42.0 Å². The molecule has 0 saturated carbocycles. The number of hydrogen-bond donors (Lipinski definition) is 2. The van der Waals surface area contributed by atoms with Crippen LogP contribution in [-0.2, 0) is 16.6 Å². The zero-order chi connectivity index (χ0) is 14.8. The first-order valence-corrected chi connectivity index (χ1v) is 9.61. The molecule has 1 aliphatic rings. The number of sulfonamides is 1. The standard InChI is InChI=1S/C12H16Cl2N2O2S2/c13-10-6-11(14)12(5-8(10)7-15)20(17,18)16-9-1-3-19-4-2-9/h5-6,9,16H,1-4,7,15H2. The molecule has 20 heavy (non-hydrogen) atoms. The summed E-state index contributed by atoms with van der Waals surface area (Å²) in [6.07, 6.45) is 1.66. The van der Waals surface area contributed by atoms with Crippen molar-refractivity contribution in [2.24, 2.45) is 5.73 Å². The van der Waals surface area contributed by atoms with Crippen molar-refractivity contribution in [3.63, 3.8) is 0 Å². The van der Waals surface area contributed by atoms with Crippen molar-refractivity contribution in [1.29, 1.82) is 0 Å². The Labute approximate surface area is 133 Å². The third-order valence-corrected chi connectivity index (χ3v) is 6.54. The van der Waals surface area contributed by atoms with E-state index in [2.05, 4.69) is 4.72 Å². The molecule has 1 heterocycles. The van der Waals surface area contributed by atoms with E-state index in [4.69, 9.17) is 28.9 Å². The van der Waals surface area contributed by atoms with Crippen LogP contribution in [0, 0.1) is 0 Å². The van der Waals surface area contributed by atoms with Crippen molar-refractivity contribution < 1.29 is 8.42 Å². The summed E-state index contributed by atoms with van der Waals surface area (Å²) in [4.78, 5) is 0.0437. The first kappa shape index (κ1) is 16.4. The summed E-state index contributed by atoms with van der Waals surface area (Å²) >= 11 is 13.8. The summed E-state index contributed by atoms with van der Waals surface area (Å²) in [6.45, 7) is 0.165. The molecule has 1 fully saturated rings. The van der Waals surface area contributed by atoms with Gasteiger partial charge in [-0.1, -0.05) is 23.2 Å². The van der Waals surface area contributed by atoms with Crippen LogP contribution in [0.5, 0.6) is 0 Å². The second kappa shape index (κ2) is 6.85. The minimum atomic E-state index is -3.65. The monoisotopic (exact) mass is 354 g/mol. The summed E-state index contributed by atoms with van der Waals surface area (Å²) in [6, 6.07) is 2.84. The molecule has 0 aromatic heterocycles. The highest BCUT2D eigenvalue weighted by atomic mass is 35.5. The van der Waals surface area contributed by atoms with Crippen molar-refractivity contribution in [3.05, 3.63) is 27.7 Å². The number of benzene rings is 1. The zero-order valence-electron chi connectivity index (χ0n) is 10.7. The Hall–Kier alpha value is 0.0200. The highest BCUT2D eigenvalue weighted by Crippen LogP contribution is 2.29. The lowest BCUT2D eigenvalue weighted by molar-refractivity contribution is 0.529. The summed E-state index contributed by atoms with van der Waals surface area (Å²) < 4.78 is 27.5. The molecule has 3 N–H and O–H groups in total. The predicted molar refractivity (Wildman–Crippen MR) is 85.0 cm³/mol. The number of nitrogens with two attached hydrogens (primary N) is 1. The van der Waals surface area contributed by atoms with Crippen molar-refractivity contribution in [1.82, 2.24) is 4.72 Å². The Morgan fingerprint density at radius 2 is 1.90 bits per heavy atom. The van der Waals surface area contributed by atoms with Crippen LogP contribution >= 0.6 is 35.0 Å². The molecule has 1 aliphatic heterocycles. The van der Waals surface area contributed by atoms with E-state index in [1.54, 1.807) is 0 Å². The van der Waals surface area contributed by atoms with E-state index in [1.165, 1.54) is 12.1 Å². The summed E-state index contributed by atoms with van der Waals surface area (Å²) in [5.74, 6) is 1.94. The SMILES string of the molecule is NCc1cc(S(=O)(=O)NC2CCSCC2)c(Cl)cc1Cl. The molecule has 0 aliphatic carbocycles. The third-order valence-electron chi connectivity index (χ3n) is 3.15. The summed E-state index contributed by atoms with van der Waals surface area (Å²) in [7, 11) is -3.65. The Kier molecular flexibility index (Phi) is 5.62. The van der Waals surface area contributed by atoms with E-state index in [9.17, 15) is 8.42 Å². The first-order chi connectivity index (χ1) is 9.44. The van der Waals surface area contributed by atoms with Gasteiger partial charge in [-0.25, -0.2) is 13.1 Å². The minimum absolute atomic E-state index is 0.0330. The topological polar surface area (TPSA) is 72.2 Å². The number of halogens is 2. The Bertz CT molecular complexity index is 587. The lowest BCUT2D eigenvalue weighted by Gasteiger charge is -2.22. The van der Waals surface area contributed by atoms with Crippen LogP contribution in [0.2, 0.25) is 10.0 Å². The van der Waals surface area contributed by atoms with Gasteiger partial charge in [0.25, 0.3) is 0 Å². The molecule has 0 bridgehead atoms. The van der Waals surface area contributed by atoms with Crippen LogP contribution in [0.3, 0.4) is 0 Å². The number of thioether (sulfide) groups is 1. The molecule has 112 valence electrons. The minimum Gasteiger partial charge on any atom is -0.326 e. The molecule has 4 nitrogen and oxygen atoms in total. The van der Waals surface area contributed by atoms with Crippen molar-refractivity contribution in [2.45, 2.75) is 30.3 Å². The Morgan fingerprint density at radius 1 is 1.25 bits per heavy atom. The van der Waals surface area contributed by atoms with Gasteiger partial charge in [0.2, 0.25) is 10.0 Å². The first-order valence-electron chi connectivity index (χ1n) is 6.22. The fraction of sp³-hybridized carbons (Fsp3) is 0.500. The average Bonchev–Trinajstić information content (AvgIpc) is 2.39. The highest BCUT2D eigenvalue weighted by Gasteiger charge is 2.24. The van der Waals surface area contributed by atoms with Gasteiger partial charge in [0, 0.05) is 17.6 Å². The molecule has 0 amide bonds.